The van der Waals surface area contributed by atoms with Gasteiger partial charge < -0.3 is 10.8 Å². The van der Waals surface area contributed by atoms with Gasteiger partial charge >= 0.3 is 0 Å². The molecule has 1 aromatic carbocycles. The Kier molecular flexibility index (Phi) is 4.90. The van der Waals surface area contributed by atoms with Crippen molar-refractivity contribution in [3.8, 4) is 5.75 Å². The number of hydrogen-bond donors (Lipinski definition) is 2. The highest BCUT2D eigenvalue weighted by molar-refractivity contribution is 6.18. The minimum atomic E-state index is -0.648. The maximum Gasteiger partial charge on any atom is 0.252 e. The Morgan fingerprint density at radius 3 is 2.38 bits per heavy atom. The molecule has 5 heteroatoms. The highest BCUT2D eigenvalue weighted by Crippen LogP contribution is 2.25. The van der Waals surface area contributed by atoms with Crippen molar-refractivity contribution in [2.24, 2.45) is 5.73 Å². The van der Waals surface area contributed by atoms with Crippen LogP contribution >= 0.6 is 23.2 Å². The lowest BCUT2D eigenvalue weighted by molar-refractivity contribution is 0.0997. The van der Waals surface area contributed by atoms with Crippen molar-refractivity contribution in [2.75, 3.05) is 11.8 Å². The first kappa shape index (κ1) is 13.1. The topological polar surface area (TPSA) is 63.3 Å². The summed E-state index contributed by atoms with van der Waals surface area (Å²) >= 11 is 11.2. The summed E-state index contributed by atoms with van der Waals surface area (Å²) in [6.45, 7) is 0. The second-order valence-corrected chi connectivity index (χ2v) is 4.15. The van der Waals surface area contributed by atoms with Crippen LogP contribution in [0.3, 0.4) is 0 Å². The van der Waals surface area contributed by atoms with Crippen LogP contribution in [0.5, 0.6) is 5.75 Å². The van der Waals surface area contributed by atoms with E-state index >= 15 is 0 Å². The summed E-state index contributed by atoms with van der Waals surface area (Å²) in [5.41, 5.74) is 6.81. The van der Waals surface area contributed by atoms with Crippen molar-refractivity contribution in [2.45, 2.75) is 12.8 Å². The molecule has 0 bridgehead atoms. The summed E-state index contributed by atoms with van der Waals surface area (Å²) in [7, 11) is 0. The van der Waals surface area contributed by atoms with Gasteiger partial charge in [0.25, 0.3) is 5.91 Å². The van der Waals surface area contributed by atoms with E-state index in [2.05, 4.69) is 0 Å². The van der Waals surface area contributed by atoms with Crippen molar-refractivity contribution in [1.29, 1.82) is 0 Å². The Morgan fingerprint density at radius 1 is 1.25 bits per heavy atom. The third-order valence-electron chi connectivity index (χ3n) is 2.26. The molecule has 0 saturated carbocycles. The van der Waals surface area contributed by atoms with Crippen molar-refractivity contribution in [3.63, 3.8) is 0 Å². The maximum atomic E-state index is 11.1. The lowest BCUT2D eigenvalue weighted by atomic mass is 10.0. The number of rotatable bonds is 5. The van der Waals surface area contributed by atoms with Gasteiger partial charge in [0.2, 0.25) is 0 Å². The summed E-state index contributed by atoms with van der Waals surface area (Å²) in [5, 5.41) is 9.79. The van der Waals surface area contributed by atoms with Crippen molar-refractivity contribution >= 4 is 29.1 Å². The highest BCUT2D eigenvalue weighted by atomic mass is 35.5. The van der Waals surface area contributed by atoms with E-state index in [1.165, 1.54) is 0 Å². The average molecular weight is 262 g/mol. The lowest BCUT2D eigenvalue weighted by Gasteiger charge is -2.09. The van der Waals surface area contributed by atoms with E-state index in [0.717, 1.165) is 5.56 Å². The number of phenols is 1. The molecule has 0 aliphatic heterocycles. The smallest absolute Gasteiger partial charge is 0.252 e. The molecule has 0 aromatic heterocycles. The number of aromatic hydroxyl groups is 1. The van der Waals surface area contributed by atoms with Gasteiger partial charge in [0.1, 0.15) is 5.75 Å². The number of benzene rings is 1. The molecule has 1 aromatic rings. The van der Waals surface area contributed by atoms with Crippen LogP contribution in [-0.2, 0) is 12.8 Å². The molecule has 0 radical (unpaired) electrons. The van der Waals surface area contributed by atoms with Gasteiger partial charge in [-0.3, -0.25) is 4.79 Å². The fourth-order valence-electron chi connectivity index (χ4n) is 1.49. The number of hydrogen-bond acceptors (Lipinski definition) is 2. The summed E-state index contributed by atoms with van der Waals surface area (Å²) in [4.78, 5) is 11.1. The van der Waals surface area contributed by atoms with Crippen molar-refractivity contribution in [3.05, 3.63) is 28.8 Å². The highest BCUT2D eigenvalue weighted by Gasteiger charge is 2.13. The number of amides is 1. The zero-order chi connectivity index (χ0) is 12.1. The first-order chi connectivity index (χ1) is 7.60. The van der Waals surface area contributed by atoms with E-state index in [0.29, 0.717) is 30.2 Å². The van der Waals surface area contributed by atoms with Crippen LogP contribution in [0.2, 0.25) is 0 Å². The molecule has 88 valence electrons. The zero-order valence-electron chi connectivity index (χ0n) is 8.67. The number of aryl methyl sites for hydroxylation is 2. The van der Waals surface area contributed by atoms with Crippen LogP contribution in [0.1, 0.15) is 21.5 Å². The third-order valence-corrected chi connectivity index (χ3v) is 2.64. The fraction of sp³-hybridized carbons (Fsp3) is 0.364. The molecule has 1 rings (SSSR count). The van der Waals surface area contributed by atoms with Crippen LogP contribution in [0.15, 0.2) is 12.1 Å². The predicted molar refractivity (Wildman–Crippen MR) is 65.5 cm³/mol. The lowest BCUT2D eigenvalue weighted by Crippen LogP contribution is -2.13. The molecular weight excluding hydrogens is 249 g/mol. The Morgan fingerprint density at radius 2 is 1.88 bits per heavy atom. The minimum Gasteiger partial charge on any atom is -0.507 e. The number of halogens is 2. The van der Waals surface area contributed by atoms with Crippen LogP contribution in [-0.4, -0.2) is 22.8 Å². The van der Waals surface area contributed by atoms with E-state index < -0.39 is 5.91 Å². The summed E-state index contributed by atoms with van der Waals surface area (Å²) in [6.07, 6.45) is 1.11. The Balaban J connectivity index is 3.21. The first-order valence-electron chi connectivity index (χ1n) is 4.86. The van der Waals surface area contributed by atoms with Gasteiger partial charge in [-0.05, 0) is 30.0 Å². The van der Waals surface area contributed by atoms with Gasteiger partial charge in [0.15, 0.2) is 0 Å². The number of nitrogens with two attached hydrogens (primary N) is 1. The number of carbonyl (C=O) groups is 1. The minimum absolute atomic E-state index is 0.0773. The van der Waals surface area contributed by atoms with Gasteiger partial charge in [-0.2, -0.15) is 0 Å². The van der Waals surface area contributed by atoms with Crippen LogP contribution in [0.4, 0.5) is 0 Å². The Hall–Kier alpha value is -0.930. The largest absolute Gasteiger partial charge is 0.507 e. The summed E-state index contributed by atoms with van der Waals surface area (Å²) in [5.74, 6) is 0.0931. The van der Waals surface area contributed by atoms with E-state index in [9.17, 15) is 9.90 Å². The van der Waals surface area contributed by atoms with E-state index in [4.69, 9.17) is 28.9 Å². The third kappa shape index (κ3) is 3.03. The van der Waals surface area contributed by atoms with Gasteiger partial charge in [0.05, 0.1) is 5.56 Å². The van der Waals surface area contributed by atoms with Crippen molar-refractivity contribution in [1.82, 2.24) is 0 Å². The normalized spacial score (nSPS) is 10.4. The first-order valence-corrected chi connectivity index (χ1v) is 5.93. The molecule has 3 nitrogen and oxygen atoms in total. The number of alkyl halides is 2. The van der Waals surface area contributed by atoms with Gasteiger partial charge in [-0.15, -0.1) is 23.2 Å². The standard InChI is InChI=1S/C11H13Cl2NO2/c12-3-1-7-5-8(2-4-13)10(15)9(6-7)11(14)16/h5-6,15H,1-4H2,(H2,14,16). The molecule has 0 saturated heterocycles. The molecule has 1 amide bonds. The van der Waals surface area contributed by atoms with Gasteiger partial charge in [0, 0.05) is 11.8 Å². The molecule has 0 aliphatic carbocycles. The molecule has 0 unspecified atom stereocenters. The summed E-state index contributed by atoms with van der Waals surface area (Å²) < 4.78 is 0. The fourth-order valence-corrected chi connectivity index (χ4v) is 1.92. The van der Waals surface area contributed by atoms with E-state index in [1.54, 1.807) is 12.1 Å². The van der Waals surface area contributed by atoms with Crippen LogP contribution in [0.25, 0.3) is 0 Å². The molecule has 3 N–H and O–H groups in total. The second-order valence-electron chi connectivity index (χ2n) is 3.39. The Bertz CT molecular complexity index is 394. The molecule has 16 heavy (non-hydrogen) atoms. The Labute approximate surface area is 104 Å². The van der Waals surface area contributed by atoms with E-state index in [1.807, 2.05) is 0 Å². The molecule has 0 aliphatic rings. The predicted octanol–water partition coefficient (Wildman–Crippen LogP) is 2.05. The molecule has 0 fully saturated rings. The SMILES string of the molecule is NC(=O)c1cc(CCCl)cc(CCCl)c1O. The molecular formula is C11H13Cl2NO2. The second kappa shape index (κ2) is 5.97. The van der Waals surface area contributed by atoms with Gasteiger partial charge in [-0.1, -0.05) is 6.07 Å². The van der Waals surface area contributed by atoms with E-state index in [-0.39, 0.29) is 11.3 Å². The van der Waals surface area contributed by atoms with Crippen LogP contribution < -0.4 is 5.73 Å². The van der Waals surface area contributed by atoms with Crippen LogP contribution in [0, 0.1) is 0 Å². The molecule has 0 heterocycles. The molecule has 0 spiro atoms. The zero-order valence-corrected chi connectivity index (χ0v) is 10.2. The number of carbonyl (C=O) groups excluding carboxylic acids is 1. The average Bonchev–Trinajstić information content (AvgIpc) is 2.23. The quantitative estimate of drug-likeness (QED) is 0.798. The van der Waals surface area contributed by atoms with Gasteiger partial charge in [-0.25, -0.2) is 0 Å². The summed E-state index contributed by atoms with van der Waals surface area (Å²) in [6, 6.07) is 3.37. The monoisotopic (exact) mass is 261 g/mol. The molecule has 0 atom stereocenters. The van der Waals surface area contributed by atoms with Crippen molar-refractivity contribution < 1.29 is 9.90 Å². The number of primary amides is 1. The maximum absolute atomic E-state index is 11.1.